The van der Waals surface area contributed by atoms with Crippen molar-refractivity contribution in [2.24, 2.45) is 0 Å². The van der Waals surface area contributed by atoms with Gasteiger partial charge in [-0.25, -0.2) is 8.42 Å². The highest BCUT2D eigenvalue weighted by molar-refractivity contribution is 7.96. The van der Waals surface area contributed by atoms with Gasteiger partial charge < -0.3 is 9.39 Å². The van der Waals surface area contributed by atoms with Crippen LogP contribution in [0.1, 0.15) is 52.4 Å². The van der Waals surface area contributed by atoms with E-state index in [2.05, 4.69) is 11.1 Å². The van der Waals surface area contributed by atoms with Gasteiger partial charge in [0.1, 0.15) is 6.54 Å². The first kappa shape index (κ1) is 22.2. The van der Waals surface area contributed by atoms with E-state index >= 15 is 0 Å². The first-order chi connectivity index (χ1) is 11.8. The van der Waals surface area contributed by atoms with Gasteiger partial charge in [-0.1, -0.05) is 23.8 Å². The van der Waals surface area contributed by atoms with Crippen LogP contribution in [0.25, 0.3) is 0 Å². The van der Waals surface area contributed by atoms with Crippen LogP contribution in [-0.2, 0) is 24.2 Å². The summed E-state index contributed by atoms with van der Waals surface area (Å²) in [7, 11) is -4.42. The molecule has 1 saturated heterocycles. The van der Waals surface area contributed by atoms with Crippen LogP contribution in [0.3, 0.4) is 0 Å². The molecule has 0 aliphatic carbocycles. The Hall–Kier alpha value is -0.810. The Kier molecular flexibility index (Phi) is 9.80. The number of carbonyl (C=O) groups excluding carboxylic acids is 1. The van der Waals surface area contributed by atoms with E-state index in [1.54, 1.807) is 18.2 Å². The van der Waals surface area contributed by atoms with Gasteiger partial charge >= 0.3 is 0 Å². The van der Waals surface area contributed by atoms with Crippen molar-refractivity contribution in [2.45, 2.75) is 52.4 Å². The summed E-state index contributed by atoms with van der Waals surface area (Å²) in [5.74, 6) is 0.275. The molecule has 0 spiro atoms. The molecule has 0 N–H and O–H groups in total. The molecular weight excluding hydrogens is 368 g/mol. The fourth-order valence-corrected chi connectivity index (χ4v) is 3.73. The Labute approximate surface area is 154 Å². The molecule has 0 radical (unpaired) electrons. The van der Waals surface area contributed by atoms with Crippen LogP contribution in [-0.4, -0.2) is 54.2 Å². The summed E-state index contributed by atoms with van der Waals surface area (Å²) in [6.45, 7) is 6.10. The minimum atomic E-state index is -4.42. The summed E-state index contributed by atoms with van der Waals surface area (Å²) in [4.78, 5) is 19.4. The number of hydroxylamine groups is 2. The van der Waals surface area contributed by atoms with Gasteiger partial charge in [0.2, 0.25) is 23.0 Å². The third kappa shape index (κ3) is 8.91. The molecule has 10 heteroatoms. The van der Waals surface area contributed by atoms with E-state index in [1.165, 1.54) is 26.2 Å². The second-order valence-corrected chi connectivity index (χ2v) is 8.00. The lowest BCUT2D eigenvalue weighted by Gasteiger charge is -2.31. The Morgan fingerprint density at radius 2 is 2.12 bits per heavy atom. The van der Waals surface area contributed by atoms with Crippen molar-refractivity contribution in [3.05, 3.63) is 11.7 Å². The first-order valence-corrected chi connectivity index (χ1v) is 10.8. The number of hydrogen-bond acceptors (Lipinski definition) is 7. The lowest BCUT2D eigenvalue weighted by atomic mass is 10.2. The summed E-state index contributed by atoms with van der Waals surface area (Å²) >= 11 is 1.68. The lowest BCUT2D eigenvalue weighted by molar-refractivity contribution is -0.989. The van der Waals surface area contributed by atoms with E-state index in [-0.39, 0.29) is 12.5 Å². The molecule has 2 heterocycles. The quantitative estimate of drug-likeness (QED) is 0.194. The topological polar surface area (TPSA) is 96.0 Å². The summed E-state index contributed by atoms with van der Waals surface area (Å²) in [5, 5.41) is 1.99. The highest BCUT2D eigenvalue weighted by Gasteiger charge is 2.39. The SMILES string of the molecule is CCCCCC[N+]1(CN2CCCC2=O)OC=CS1.CCOS(=O)(=O)[O-]. The number of nitrogens with zero attached hydrogens (tertiary/aromatic N) is 2. The molecular formula is C15H28N2O6S2. The normalized spacial score (nSPS) is 22.7. The fraction of sp³-hybridized carbons (Fsp3) is 0.800. The Bertz CT molecular complexity index is 530. The Morgan fingerprint density at radius 3 is 2.56 bits per heavy atom. The lowest BCUT2D eigenvalue weighted by Crippen LogP contribution is -2.47. The predicted molar refractivity (Wildman–Crippen MR) is 94.2 cm³/mol. The molecule has 2 aliphatic rings. The molecule has 0 aromatic heterocycles. The monoisotopic (exact) mass is 396 g/mol. The molecule has 1 unspecified atom stereocenters. The van der Waals surface area contributed by atoms with Crippen molar-refractivity contribution in [1.82, 2.24) is 4.90 Å². The smallest absolute Gasteiger partial charge is 0.227 e. The number of unbranched alkanes of at least 4 members (excludes halogenated alkanes) is 3. The summed E-state index contributed by atoms with van der Waals surface area (Å²) in [6.07, 6.45) is 8.38. The molecule has 0 aromatic rings. The van der Waals surface area contributed by atoms with Crippen LogP contribution in [0.5, 0.6) is 0 Å². The van der Waals surface area contributed by atoms with Crippen LogP contribution in [0.4, 0.5) is 0 Å². The molecule has 2 rings (SSSR count). The maximum absolute atomic E-state index is 11.7. The molecule has 8 nitrogen and oxygen atoms in total. The van der Waals surface area contributed by atoms with Gasteiger partial charge in [0.25, 0.3) is 0 Å². The Morgan fingerprint density at radius 1 is 1.36 bits per heavy atom. The van der Waals surface area contributed by atoms with Gasteiger partial charge in [-0.15, -0.1) is 0 Å². The largest absolute Gasteiger partial charge is 0.726 e. The van der Waals surface area contributed by atoms with Crippen LogP contribution in [0, 0.1) is 0 Å². The molecule has 2 aliphatic heterocycles. The highest BCUT2D eigenvalue weighted by Crippen LogP contribution is 2.33. The molecule has 0 aromatic carbocycles. The number of quaternary nitrogens is 1. The average molecular weight is 397 g/mol. The molecule has 0 bridgehead atoms. The summed E-state index contributed by atoms with van der Waals surface area (Å²) in [6, 6.07) is 0. The predicted octanol–water partition coefficient (Wildman–Crippen LogP) is 2.51. The van der Waals surface area contributed by atoms with Crippen molar-refractivity contribution in [3.63, 3.8) is 0 Å². The van der Waals surface area contributed by atoms with Crippen molar-refractivity contribution in [2.75, 3.05) is 26.4 Å². The van der Waals surface area contributed by atoms with Gasteiger partial charge in [-0.3, -0.25) is 13.9 Å². The van der Waals surface area contributed by atoms with Crippen molar-refractivity contribution >= 4 is 28.3 Å². The average Bonchev–Trinajstić information content (AvgIpc) is 3.14. The third-order valence-electron chi connectivity index (χ3n) is 3.73. The number of hydrogen-bond donors (Lipinski definition) is 0. The standard InChI is InChI=1S/C13H23N2O2S.C2H6O4S/c1-2-3-4-5-9-15(17-10-11-18-15)12-14-8-6-7-13(14)16;1-2-6-7(3,4)5/h10-11H,2-9,12H2,1H3;2H2,1H3,(H,3,4,5)/q+1;/p-1. The van der Waals surface area contributed by atoms with Gasteiger partial charge in [-0.2, -0.15) is 0 Å². The molecule has 1 atom stereocenters. The second kappa shape index (κ2) is 11.0. The van der Waals surface area contributed by atoms with E-state index in [9.17, 15) is 17.8 Å². The number of likely N-dealkylation sites (tertiary alicyclic amines) is 1. The van der Waals surface area contributed by atoms with E-state index < -0.39 is 10.4 Å². The first-order valence-electron chi connectivity index (χ1n) is 8.59. The van der Waals surface area contributed by atoms with Crippen LogP contribution >= 0.6 is 11.9 Å². The summed E-state index contributed by atoms with van der Waals surface area (Å²) in [5.41, 5.74) is 0. The van der Waals surface area contributed by atoms with Crippen LogP contribution in [0.2, 0.25) is 0 Å². The third-order valence-corrected chi connectivity index (χ3v) is 5.26. The zero-order valence-corrected chi connectivity index (χ0v) is 16.5. The molecule has 1 amide bonds. The maximum atomic E-state index is 11.7. The van der Waals surface area contributed by atoms with Crippen LogP contribution in [0.15, 0.2) is 11.7 Å². The highest BCUT2D eigenvalue weighted by atomic mass is 32.3. The zero-order chi connectivity index (χ0) is 18.8. The minimum Gasteiger partial charge on any atom is -0.726 e. The molecule has 0 saturated carbocycles. The second-order valence-electron chi connectivity index (χ2n) is 5.80. The van der Waals surface area contributed by atoms with Crippen molar-refractivity contribution in [3.8, 4) is 0 Å². The molecule has 1 fully saturated rings. The van der Waals surface area contributed by atoms with Gasteiger partial charge in [0, 0.05) is 19.4 Å². The summed E-state index contributed by atoms with van der Waals surface area (Å²) < 4.78 is 32.5. The molecule has 146 valence electrons. The number of amides is 1. The van der Waals surface area contributed by atoms with E-state index in [4.69, 9.17) is 4.84 Å². The maximum Gasteiger partial charge on any atom is 0.227 e. The van der Waals surface area contributed by atoms with Gasteiger partial charge in [0.15, 0.2) is 18.2 Å². The number of carbonyl (C=O) groups is 1. The van der Waals surface area contributed by atoms with Crippen LogP contribution < -0.4 is 0 Å². The van der Waals surface area contributed by atoms with E-state index in [1.807, 2.05) is 10.3 Å². The van der Waals surface area contributed by atoms with Crippen molar-refractivity contribution < 1.29 is 30.8 Å². The van der Waals surface area contributed by atoms with Gasteiger partial charge in [-0.05, 0) is 19.8 Å². The van der Waals surface area contributed by atoms with E-state index in [0.717, 1.165) is 25.9 Å². The van der Waals surface area contributed by atoms with E-state index in [0.29, 0.717) is 17.1 Å². The van der Waals surface area contributed by atoms with Gasteiger partial charge in [0.05, 0.1) is 12.0 Å². The zero-order valence-electron chi connectivity index (χ0n) is 14.9. The number of rotatable bonds is 9. The van der Waals surface area contributed by atoms with Crippen molar-refractivity contribution in [1.29, 1.82) is 0 Å². The fourth-order valence-electron chi connectivity index (χ4n) is 2.58. The minimum absolute atomic E-state index is 0.0914. The Balaban J connectivity index is 0.000000381. The molecule has 25 heavy (non-hydrogen) atoms.